The second kappa shape index (κ2) is 5.63. The highest BCUT2D eigenvalue weighted by molar-refractivity contribution is 9.10. The summed E-state index contributed by atoms with van der Waals surface area (Å²) in [5, 5.41) is 0.501. The summed E-state index contributed by atoms with van der Waals surface area (Å²) in [6, 6.07) is 11.0. The summed E-state index contributed by atoms with van der Waals surface area (Å²) >= 11 is 9.16. The molecule has 0 spiro atoms. The molecule has 0 saturated heterocycles. The van der Waals surface area contributed by atoms with Crippen LogP contribution in [-0.2, 0) is 6.42 Å². The zero-order valence-corrected chi connectivity index (χ0v) is 11.6. The third kappa shape index (κ3) is 3.18. The van der Waals surface area contributed by atoms with Crippen molar-refractivity contribution in [2.24, 2.45) is 0 Å². The van der Waals surface area contributed by atoms with Crippen LogP contribution in [0.1, 0.15) is 15.9 Å². The van der Waals surface area contributed by atoms with Crippen molar-refractivity contribution in [2.45, 2.75) is 6.42 Å². The van der Waals surface area contributed by atoms with Crippen molar-refractivity contribution in [2.75, 3.05) is 0 Å². The number of benzene rings is 2. The van der Waals surface area contributed by atoms with Gasteiger partial charge in [-0.15, -0.1) is 0 Å². The minimum absolute atomic E-state index is 0.102. The SMILES string of the molecule is O=C(Cc1cccc(F)c1)c1cc(Cl)ccc1Br. The van der Waals surface area contributed by atoms with Crippen molar-refractivity contribution in [1.29, 1.82) is 0 Å². The minimum atomic E-state index is -0.342. The maximum absolute atomic E-state index is 13.0. The molecule has 0 aliphatic heterocycles. The molecule has 0 aromatic heterocycles. The van der Waals surface area contributed by atoms with E-state index in [9.17, 15) is 9.18 Å². The number of rotatable bonds is 3. The molecule has 0 aliphatic rings. The maximum atomic E-state index is 13.0. The Morgan fingerprint density at radius 1 is 1.22 bits per heavy atom. The first-order valence-corrected chi connectivity index (χ1v) is 6.46. The molecule has 0 atom stereocenters. The lowest BCUT2D eigenvalue weighted by Gasteiger charge is -2.05. The average Bonchev–Trinajstić information content (AvgIpc) is 2.32. The molecule has 0 saturated carbocycles. The van der Waals surface area contributed by atoms with E-state index in [0.717, 1.165) is 0 Å². The van der Waals surface area contributed by atoms with Crippen LogP contribution in [0.2, 0.25) is 5.02 Å². The molecule has 18 heavy (non-hydrogen) atoms. The van der Waals surface area contributed by atoms with Gasteiger partial charge in [-0.2, -0.15) is 0 Å². The van der Waals surface area contributed by atoms with E-state index in [-0.39, 0.29) is 18.0 Å². The van der Waals surface area contributed by atoms with E-state index < -0.39 is 0 Å². The van der Waals surface area contributed by atoms with Gasteiger partial charge in [-0.05, 0) is 35.9 Å². The predicted molar refractivity (Wildman–Crippen MR) is 73.6 cm³/mol. The predicted octanol–water partition coefficient (Wildman–Crippen LogP) is 4.67. The van der Waals surface area contributed by atoms with E-state index in [1.807, 2.05) is 0 Å². The van der Waals surface area contributed by atoms with Gasteiger partial charge in [0.15, 0.2) is 5.78 Å². The van der Waals surface area contributed by atoms with Gasteiger partial charge in [0.05, 0.1) is 0 Å². The van der Waals surface area contributed by atoms with Gasteiger partial charge in [0.1, 0.15) is 5.82 Å². The molecule has 0 radical (unpaired) electrons. The van der Waals surface area contributed by atoms with Gasteiger partial charge < -0.3 is 0 Å². The molecule has 0 aliphatic carbocycles. The molecule has 0 unspecified atom stereocenters. The van der Waals surface area contributed by atoms with Crippen molar-refractivity contribution in [1.82, 2.24) is 0 Å². The van der Waals surface area contributed by atoms with Crippen LogP contribution in [0.25, 0.3) is 0 Å². The Labute approximate surface area is 118 Å². The fourth-order valence-corrected chi connectivity index (χ4v) is 2.28. The second-order valence-electron chi connectivity index (χ2n) is 3.85. The summed E-state index contributed by atoms with van der Waals surface area (Å²) < 4.78 is 13.7. The van der Waals surface area contributed by atoms with Gasteiger partial charge in [0.2, 0.25) is 0 Å². The Hall–Kier alpha value is -1.19. The Morgan fingerprint density at radius 3 is 2.72 bits per heavy atom. The first-order chi connectivity index (χ1) is 8.56. The van der Waals surface area contributed by atoms with E-state index in [4.69, 9.17) is 11.6 Å². The maximum Gasteiger partial charge on any atom is 0.168 e. The largest absolute Gasteiger partial charge is 0.294 e. The summed E-state index contributed by atoms with van der Waals surface area (Å²) in [6.45, 7) is 0. The lowest BCUT2D eigenvalue weighted by molar-refractivity contribution is 0.0992. The first kappa shape index (κ1) is 13.2. The van der Waals surface area contributed by atoms with Crippen LogP contribution >= 0.6 is 27.5 Å². The molecular weight excluding hydrogens is 319 g/mol. The average molecular weight is 328 g/mol. The number of hydrogen-bond donors (Lipinski definition) is 0. The van der Waals surface area contributed by atoms with Crippen LogP contribution in [0.3, 0.4) is 0 Å². The summed E-state index contributed by atoms with van der Waals surface area (Å²) in [5.41, 5.74) is 1.15. The van der Waals surface area contributed by atoms with E-state index in [1.54, 1.807) is 30.3 Å². The lowest BCUT2D eigenvalue weighted by atomic mass is 10.0. The zero-order chi connectivity index (χ0) is 13.1. The van der Waals surface area contributed by atoms with E-state index >= 15 is 0 Å². The van der Waals surface area contributed by atoms with E-state index in [0.29, 0.717) is 20.6 Å². The topological polar surface area (TPSA) is 17.1 Å². The monoisotopic (exact) mass is 326 g/mol. The van der Waals surface area contributed by atoms with Crippen molar-refractivity contribution >= 4 is 33.3 Å². The van der Waals surface area contributed by atoms with Crippen LogP contribution < -0.4 is 0 Å². The molecule has 92 valence electrons. The van der Waals surface area contributed by atoms with Gasteiger partial charge in [-0.25, -0.2) is 4.39 Å². The zero-order valence-electron chi connectivity index (χ0n) is 9.29. The number of carbonyl (C=O) groups excluding carboxylic acids is 1. The Kier molecular flexibility index (Phi) is 4.15. The van der Waals surface area contributed by atoms with Crippen LogP contribution in [0, 0.1) is 5.82 Å². The Morgan fingerprint density at radius 2 is 2.00 bits per heavy atom. The van der Waals surface area contributed by atoms with Gasteiger partial charge in [-0.3, -0.25) is 4.79 Å². The molecule has 1 nitrogen and oxygen atoms in total. The summed E-state index contributed by atoms with van der Waals surface area (Å²) in [4.78, 5) is 12.1. The van der Waals surface area contributed by atoms with E-state index in [1.165, 1.54) is 12.1 Å². The van der Waals surface area contributed by atoms with Gasteiger partial charge >= 0.3 is 0 Å². The molecule has 0 fully saturated rings. The quantitative estimate of drug-likeness (QED) is 0.749. The molecule has 0 bridgehead atoms. The molecule has 2 rings (SSSR count). The minimum Gasteiger partial charge on any atom is -0.294 e. The molecule has 2 aromatic carbocycles. The number of halogens is 3. The van der Waals surface area contributed by atoms with Crippen molar-refractivity contribution in [3.05, 3.63) is 68.9 Å². The summed E-state index contributed by atoms with van der Waals surface area (Å²) in [5.74, 6) is -0.444. The van der Waals surface area contributed by atoms with Crippen LogP contribution in [0.4, 0.5) is 4.39 Å². The number of ketones is 1. The fraction of sp³-hybridized carbons (Fsp3) is 0.0714. The van der Waals surface area contributed by atoms with Crippen molar-refractivity contribution < 1.29 is 9.18 Å². The van der Waals surface area contributed by atoms with Crippen molar-refractivity contribution in [3.63, 3.8) is 0 Å². The van der Waals surface area contributed by atoms with Gasteiger partial charge in [0, 0.05) is 21.5 Å². The number of hydrogen-bond acceptors (Lipinski definition) is 1. The van der Waals surface area contributed by atoms with Crippen LogP contribution in [0.15, 0.2) is 46.9 Å². The molecule has 0 N–H and O–H groups in total. The normalized spacial score (nSPS) is 10.4. The molecule has 0 heterocycles. The standard InChI is InChI=1S/C14H9BrClFO/c15-13-5-4-10(16)8-12(13)14(18)7-9-2-1-3-11(17)6-9/h1-6,8H,7H2. The molecule has 4 heteroatoms. The highest BCUT2D eigenvalue weighted by Gasteiger charge is 2.11. The molecule has 0 amide bonds. The third-order valence-electron chi connectivity index (χ3n) is 2.48. The molecular formula is C14H9BrClFO. The number of carbonyl (C=O) groups is 1. The van der Waals surface area contributed by atoms with Crippen LogP contribution in [0.5, 0.6) is 0 Å². The lowest BCUT2D eigenvalue weighted by Crippen LogP contribution is -2.04. The van der Waals surface area contributed by atoms with E-state index in [2.05, 4.69) is 15.9 Å². The van der Waals surface area contributed by atoms with Crippen LogP contribution in [-0.4, -0.2) is 5.78 Å². The van der Waals surface area contributed by atoms with Crippen molar-refractivity contribution in [3.8, 4) is 0 Å². The summed E-state index contributed by atoms with van der Waals surface area (Å²) in [7, 11) is 0. The van der Waals surface area contributed by atoms with Gasteiger partial charge in [0.25, 0.3) is 0 Å². The smallest absolute Gasteiger partial charge is 0.168 e. The summed E-state index contributed by atoms with van der Waals surface area (Å²) in [6.07, 6.45) is 0.150. The Bertz CT molecular complexity index is 598. The van der Waals surface area contributed by atoms with Gasteiger partial charge in [-0.1, -0.05) is 39.7 Å². The Balaban J connectivity index is 2.24. The number of Topliss-reactive ketones (excluding diaryl/α,β-unsaturated/α-hetero) is 1. The molecule has 2 aromatic rings. The first-order valence-electron chi connectivity index (χ1n) is 5.29. The second-order valence-corrected chi connectivity index (χ2v) is 5.14. The third-order valence-corrected chi connectivity index (χ3v) is 3.41. The highest BCUT2D eigenvalue weighted by Crippen LogP contribution is 2.22. The fourth-order valence-electron chi connectivity index (χ4n) is 1.64. The highest BCUT2D eigenvalue weighted by atomic mass is 79.9.